The highest BCUT2D eigenvalue weighted by Crippen LogP contribution is 2.26. The van der Waals surface area contributed by atoms with Gasteiger partial charge in [0.25, 0.3) is 5.91 Å². The predicted molar refractivity (Wildman–Crippen MR) is 110 cm³/mol. The van der Waals surface area contributed by atoms with Crippen molar-refractivity contribution in [3.05, 3.63) is 87.9 Å². The largest absolute Gasteiger partial charge is 0.452 e. The average molecular weight is 432 g/mol. The van der Waals surface area contributed by atoms with Crippen LogP contribution in [0.15, 0.2) is 70.9 Å². The van der Waals surface area contributed by atoms with Gasteiger partial charge >= 0.3 is 5.97 Å². The Morgan fingerprint density at radius 2 is 1.79 bits per heavy atom. The molecule has 0 aliphatic heterocycles. The van der Waals surface area contributed by atoms with Gasteiger partial charge in [-0.3, -0.25) is 9.00 Å². The maximum atomic E-state index is 13.2. The summed E-state index contributed by atoms with van der Waals surface area (Å²) in [5.74, 6) is -1.49. The molecule has 0 radical (unpaired) electrons. The lowest BCUT2D eigenvalue weighted by molar-refractivity contribution is -0.124. The Hall–Kier alpha value is -2.84. The fourth-order valence-electron chi connectivity index (χ4n) is 2.63. The zero-order valence-electron chi connectivity index (χ0n) is 15.5. The van der Waals surface area contributed by atoms with Gasteiger partial charge in [0.05, 0.1) is 11.6 Å². The van der Waals surface area contributed by atoms with E-state index in [-0.39, 0.29) is 11.4 Å². The number of hydrogen-bond donors (Lipinski definition) is 1. The lowest BCUT2D eigenvalue weighted by Crippen LogP contribution is -2.32. The van der Waals surface area contributed by atoms with E-state index in [0.717, 1.165) is 10.4 Å². The van der Waals surface area contributed by atoms with Gasteiger partial charge in [-0.2, -0.15) is 0 Å². The standard InChI is InChI=1S/C21H18FNO4S2/c1-29(26)17-10-6-15(7-11-17)21(25)27-13-19(24)23-20(18-3-2-12-28-18)14-4-8-16(22)9-5-14/h2-12,20H,13H2,1H3,(H,23,24). The molecule has 8 heteroatoms. The molecule has 3 aromatic rings. The molecule has 5 nitrogen and oxygen atoms in total. The summed E-state index contributed by atoms with van der Waals surface area (Å²) in [7, 11) is -1.14. The minimum absolute atomic E-state index is 0.264. The predicted octanol–water partition coefficient (Wildman–Crippen LogP) is 3.69. The molecule has 0 saturated carbocycles. The average Bonchev–Trinajstić information content (AvgIpc) is 3.25. The molecule has 0 aliphatic rings. The van der Waals surface area contributed by atoms with Gasteiger partial charge in [0.1, 0.15) is 5.82 Å². The molecule has 150 valence electrons. The molecule has 0 fully saturated rings. The SMILES string of the molecule is CS(=O)c1ccc(C(=O)OCC(=O)NC(c2ccc(F)cc2)c2cccs2)cc1. The zero-order chi connectivity index (χ0) is 20.8. The maximum Gasteiger partial charge on any atom is 0.338 e. The van der Waals surface area contributed by atoms with Gasteiger partial charge in [0, 0.05) is 26.8 Å². The first-order chi connectivity index (χ1) is 13.9. The Morgan fingerprint density at radius 3 is 2.38 bits per heavy atom. The Balaban J connectivity index is 1.63. The van der Waals surface area contributed by atoms with Crippen LogP contribution in [0.3, 0.4) is 0 Å². The first-order valence-electron chi connectivity index (χ1n) is 8.63. The van der Waals surface area contributed by atoms with Crippen LogP contribution in [0.5, 0.6) is 0 Å². The molecule has 0 bridgehead atoms. The van der Waals surface area contributed by atoms with Crippen LogP contribution < -0.4 is 5.32 Å². The minimum Gasteiger partial charge on any atom is -0.452 e. The summed E-state index contributed by atoms with van der Waals surface area (Å²) in [6, 6.07) is 15.3. The number of halogens is 1. The molecule has 1 aromatic heterocycles. The van der Waals surface area contributed by atoms with Crippen molar-refractivity contribution in [1.29, 1.82) is 0 Å². The molecule has 0 saturated heterocycles. The van der Waals surface area contributed by atoms with Crippen molar-refractivity contribution in [2.24, 2.45) is 0 Å². The quantitative estimate of drug-likeness (QED) is 0.579. The van der Waals surface area contributed by atoms with Crippen LogP contribution >= 0.6 is 11.3 Å². The van der Waals surface area contributed by atoms with Crippen LogP contribution in [0.4, 0.5) is 4.39 Å². The first kappa shape index (κ1) is 20.9. The van der Waals surface area contributed by atoms with Crippen molar-refractivity contribution in [3.63, 3.8) is 0 Å². The van der Waals surface area contributed by atoms with Crippen LogP contribution in [0, 0.1) is 5.82 Å². The number of carbonyl (C=O) groups is 2. The van der Waals surface area contributed by atoms with Gasteiger partial charge in [0.2, 0.25) is 0 Å². The van der Waals surface area contributed by atoms with Gasteiger partial charge in [-0.15, -0.1) is 11.3 Å². The van der Waals surface area contributed by atoms with Crippen molar-refractivity contribution in [2.75, 3.05) is 12.9 Å². The van der Waals surface area contributed by atoms with Gasteiger partial charge in [-0.05, 0) is 53.4 Å². The normalized spacial score (nSPS) is 12.8. The number of benzene rings is 2. The summed E-state index contributed by atoms with van der Waals surface area (Å²) in [6.45, 7) is -0.455. The second kappa shape index (κ2) is 9.58. The third-order valence-electron chi connectivity index (χ3n) is 4.09. The van der Waals surface area contributed by atoms with E-state index in [2.05, 4.69) is 5.32 Å². The fourth-order valence-corrected chi connectivity index (χ4v) is 3.95. The molecular weight excluding hydrogens is 413 g/mol. The topological polar surface area (TPSA) is 72.5 Å². The Morgan fingerprint density at radius 1 is 1.10 bits per heavy atom. The van der Waals surface area contributed by atoms with Gasteiger partial charge in [-0.25, -0.2) is 9.18 Å². The molecule has 1 amide bonds. The molecule has 0 spiro atoms. The molecule has 2 aromatic carbocycles. The zero-order valence-corrected chi connectivity index (χ0v) is 17.1. The summed E-state index contributed by atoms with van der Waals surface area (Å²) in [4.78, 5) is 26.0. The van der Waals surface area contributed by atoms with E-state index in [1.807, 2.05) is 17.5 Å². The lowest BCUT2D eigenvalue weighted by Gasteiger charge is -2.18. The van der Waals surface area contributed by atoms with Crippen molar-refractivity contribution in [1.82, 2.24) is 5.32 Å². The van der Waals surface area contributed by atoms with E-state index in [1.54, 1.807) is 30.5 Å². The summed E-state index contributed by atoms with van der Waals surface area (Å²) in [6.07, 6.45) is 1.54. The highest BCUT2D eigenvalue weighted by Gasteiger charge is 2.19. The summed E-state index contributed by atoms with van der Waals surface area (Å²) < 4.78 is 29.7. The molecule has 2 atom stereocenters. The molecule has 0 aliphatic carbocycles. The van der Waals surface area contributed by atoms with Crippen molar-refractivity contribution >= 4 is 34.0 Å². The van der Waals surface area contributed by atoms with Crippen molar-refractivity contribution in [3.8, 4) is 0 Å². The number of esters is 1. The van der Waals surface area contributed by atoms with E-state index >= 15 is 0 Å². The number of thiophene rings is 1. The second-order valence-electron chi connectivity index (χ2n) is 6.12. The molecular formula is C21H18FNO4S2. The van der Waals surface area contributed by atoms with Gasteiger partial charge in [-0.1, -0.05) is 18.2 Å². The molecule has 1 N–H and O–H groups in total. The number of ether oxygens (including phenoxy) is 1. The number of carbonyl (C=O) groups excluding carboxylic acids is 2. The maximum absolute atomic E-state index is 13.2. The summed E-state index contributed by atoms with van der Waals surface area (Å²) >= 11 is 1.46. The Bertz CT molecular complexity index is 1000. The monoisotopic (exact) mass is 431 g/mol. The number of rotatable bonds is 7. The molecule has 29 heavy (non-hydrogen) atoms. The third kappa shape index (κ3) is 5.58. The van der Waals surface area contributed by atoms with Crippen LogP contribution in [-0.4, -0.2) is 28.9 Å². The second-order valence-corrected chi connectivity index (χ2v) is 8.48. The van der Waals surface area contributed by atoms with Gasteiger partial charge < -0.3 is 10.1 Å². The third-order valence-corrected chi connectivity index (χ3v) is 5.97. The van der Waals surface area contributed by atoms with E-state index in [0.29, 0.717) is 4.90 Å². The molecule has 2 unspecified atom stereocenters. The lowest BCUT2D eigenvalue weighted by atomic mass is 10.1. The Labute approximate surface area is 174 Å². The summed E-state index contributed by atoms with van der Waals surface area (Å²) in [5.41, 5.74) is 0.983. The van der Waals surface area contributed by atoms with Crippen LogP contribution in [0.1, 0.15) is 26.8 Å². The van der Waals surface area contributed by atoms with E-state index < -0.39 is 35.3 Å². The summed E-state index contributed by atoms with van der Waals surface area (Å²) in [5, 5.41) is 4.70. The van der Waals surface area contributed by atoms with Crippen molar-refractivity contribution < 1.29 is 22.9 Å². The highest BCUT2D eigenvalue weighted by atomic mass is 32.2. The van der Waals surface area contributed by atoms with Crippen LogP contribution in [-0.2, 0) is 20.3 Å². The van der Waals surface area contributed by atoms with Gasteiger partial charge in [0.15, 0.2) is 6.61 Å². The molecule has 1 heterocycles. The number of hydrogen-bond acceptors (Lipinski definition) is 5. The van der Waals surface area contributed by atoms with E-state index in [1.165, 1.54) is 35.6 Å². The Kier molecular flexibility index (Phi) is 6.90. The highest BCUT2D eigenvalue weighted by molar-refractivity contribution is 7.84. The molecule has 3 rings (SSSR count). The fraction of sp³-hybridized carbons (Fsp3) is 0.143. The van der Waals surface area contributed by atoms with E-state index in [9.17, 15) is 18.2 Å². The van der Waals surface area contributed by atoms with Crippen molar-refractivity contribution in [2.45, 2.75) is 10.9 Å². The smallest absolute Gasteiger partial charge is 0.338 e. The first-order valence-corrected chi connectivity index (χ1v) is 11.1. The number of nitrogens with one attached hydrogen (secondary N) is 1. The van der Waals surface area contributed by atoms with Crippen LogP contribution in [0.2, 0.25) is 0 Å². The minimum atomic E-state index is -1.14. The number of amides is 1. The van der Waals surface area contributed by atoms with Crippen LogP contribution in [0.25, 0.3) is 0 Å². The van der Waals surface area contributed by atoms with E-state index in [4.69, 9.17) is 4.74 Å².